The Kier molecular flexibility index (Phi) is 2.02. The molecule has 2 heterocycles. The Morgan fingerprint density at radius 3 is 2.92 bits per heavy atom. The number of aromatic nitrogens is 3. The van der Waals surface area contributed by atoms with Crippen molar-refractivity contribution in [2.24, 2.45) is 7.05 Å². The minimum Gasteiger partial charge on any atom is -0.365 e. The lowest BCUT2D eigenvalue weighted by Gasteiger charge is -1.95. The minimum atomic E-state index is 0.927. The van der Waals surface area contributed by atoms with Crippen LogP contribution in [0.5, 0.6) is 0 Å². The van der Waals surface area contributed by atoms with E-state index in [4.69, 9.17) is 0 Å². The molecule has 0 unspecified atom stereocenters. The van der Waals surface area contributed by atoms with Crippen molar-refractivity contribution >= 4 is 16.5 Å². The van der Waals surface area contributed by atoms with E-state index in [1.165, 1.54) is 0 Å². The molecular weight excluding hydrogens is 184 g/mol. The van der Waals surface area contributed by atoms with Gasteiger partial charge < -0.3 is 5.32 Å². The maximum atomic E-state index is 4.38. The van der Waals surface area contributed by atoms with E-state index in [9.17, 15) is 0 Å². The molecule has 5 heteroatoms. The third-order valence-electron chi connectivity index (χ3n) is 1.80. The number of nitrogens with one attached hydrogen (secondary N) is 1. The van der Waals surface area contributed by atoms with Gasteiger partial charge in [0.25, 0.3) is 0 Å². The van der Waals surface area contributed by atoms with Gasteiger partial charge in [-0.2, -0.15) is 5.10 Å². The molecule has 0 saturated carbocycles. The second-order valence-electron chi connectivity index (χ2n) is 2.63. The van der Waals surface area contributed by atoms with Crippen molar-refractivity contribution in [3.63, 3.8) is 0 Å². The Morgan fingerprint density at radius 2 is 2.38 bits per heavy atom. The van der Waals surface area contributed by atoms with Crippen LogP contribution in [-0.2, 0) is 7.05 Å². The second kappa shape index (κ2) is 3.18. The van der Waals surface area contributed by atoms with E-state index in [1.54, 1.807) is 17.5 Å². The van der Waals surface area contributed by atoms with Crippen LogP contribution in [0.25, 0.3) is 11.4 Å². The van der Waals surface area contributed by atoms with E-state index in [1.807, 2.05) is 30.2 Å². The Balaban J connectivity index is 2.41. The molecule has 13 heavy (non-hydrogen) atoms. The molecule has 68 valence electrons. The molecule has 0 bridgehead atoms. The molecular formula is C8H10N4S. The first kappa shape index (κ1) is 8.25. The molecule has 0 fully saturated rings. The summed E-state index contributed by atoms with van der Waals surface area (Å²) in [7, 11) is 3.78. The third kappa shape index (κ3) is 1.42. The van der Waals surface area contributed by atoms with Gasteiger partial charge in [-0.3, -0.25) is 4.68 Å². The lowest BCUT2D eigenvalue weighted by Crippen LogP contribution is -1.93. The molecule has 0 radical (unpaired) electrons. The molecule has 2 aromatic heterocycles. The maximum Gasteiger partial charge on any atom is 0.183 e. The quantitative estimate of drug-likeness (QED) is 0.789. The highest BCUT2D eigenvalue weighted by atomic mass is 32.1. The summed E-state index contributed by atoms with van der Waals surface area (Å²) >= 11 is 1.59. The molecule has 4 nitrogen and oxygen atoms in total. The molecule has 2 aromatic rings. The van der Waals surface area contributed by atoms with Crippen molar-refractivity contribution in [1.82, 2.24) is 14.8 Å². The first-order chi connectivity index (χ1) is 6.31. The largest absolute Gasteiger partial charge is 0.365 e. The molecule has 0 atom stereocenters. The van der Waals surface area contributed by atoms with Gasteiger partial charge in [-0.1, -0.05) is 0 Å². The Labute approximate surface area is 80.2 Å². The monoisotopic (exact) mass is 194 g/mol. The average Bonchev–Trinajstić information content (AvgIpc) is 2.71. The average molecular weight is 194 g/mol. The van der Waals surface area contributed by atoms with Crippen LogP contribution in [0.1, 0.15) is 0 Å². The summed E-state index contributed by atoms with van der Waals surface area (Å²) in [6.45, 7) is 0. The van der Waals surface area contributed by atoms with E-state index in [0.717, 1.165) is 16.5 Å². The number of hydrogen-bond donors (Lipinski definition) is 1. The first-order valence-electron chi connectivity index (χ1n) is 3.93. The van der Waals surface area contributed by atoms with Gasteiger partial charge in [0.1, 0.15) is 5.69 Å². The molecule has 0 amide bonds. The van der Waals surface area contributed by atoms with Crippen LogP contribution in [0.3, 0.4) is 0 Å². The van der Waals surface area contributed by atoms with Crippen molar-refractivity contribution < 1.29 is 0 Å². The Morgan fingerprint density at radius 1 is 1.54 bits per heavy atom. The molecule has 0 aliphatic rings. The molecule has 0 saturated heterocycles. The maximum absolute atomic E-state index is 4.38. The fourth-order valence-corrected chi connectivity index (χ4v) is 1.80. The van der Waals surface area contributed by atoms with Crippen molar-refractivity contribution in [3.05, 3.63) is 17.6 Å². The van der Waals surface area contributed by atoms with Crippen LogP contribution in [0.15, 0.2) is 17.6 Å². The second-order valence-corrected chi connectivity index (χ2v) is 3.49. The van der Waals surface area contributed by atoms with E-state index in [0.29, 0.717) is 0 Å². The Bertz CT molecular complexity index is 404. The molecule has 2 rings (SSSR count). The van der Waals surface area contributed by atoms with Crippen molar-refractivity contribution in [3.8, 4) is 11.4 Å². The first-order valence-corrected chi connectivity index (χ1v) is 4.81. The van der Waals surface area contributed by atoms with E-state index in [-0.39, 0.29) is 0 Å². The number of hydrogen-bond acceptors (Lipinski definition) is 4. The van der Waals surface area contributed by atoms with Gasteiger partial charge in [-0.15, -0.1) is 11.3 Å². The number of rotatable bonds is 2. The highest BCUT2D eigenvalue weighted by Crippen LogP contribution is 2.23. The zero-order valence-electron chi connectivity index (χ0n) is 7.48. The molecule has 0 aromatic carbocycles. The SMILES string of the molecule is CNc1nc(-c2ccnn2C)cs1. The normalized spacial score (nSPS) is 10.3. The molecule has 1 N–H and O–H groups in total. The summed E-state index contributed by atoms with van der Waals surface area (Å²) in [6.07, 6.45) is 1.77. The van der Waals surface area contributed by atoms with Gasteiger partial charge in [0.15, 0.2) is 5.13 Å². The zero-order valence-corrected chi connectivity index (χ0v) is 8.30. The van der Waals surface area contributed by atoms with E-state index >= 15 is 0 Å². The van der Waals surface area contributed by atoms with Crippen LogP contribution in [0, 0.1) is 0 Å². The minimum absolute atomic E-state index is 0.927. The number of nitrogens with zero attached hydrogens (tertiary/aromatic N) is 3. The van der Waals surface area contributed by atoms with Crippen molar-refractivity contribution in [2.75, 3.05) is 12.4 Å². The van der Waals surface area contributed by atoms with E-state index in [2.05, 4.69) is 15.4 Å². The summed E-state index contributed by atoms with van der Waals surface area (Å²) in [5.41, 5.74) is 2.01. The lowest BCUT2D eigenvalue weighted by atomic mass is 10.3. The van der Waals surface area contributed by atoms with Crippen LogP contribution in [0.4, 0.5) is 5.13 Å². The topological polar surface area (TPSA) is 42.7 Å². The fraction of sp³-hybridized carbons (Fsp3) is 0.250. The smallest absolute Gasteiger partial charge is 0.183 e. The van der Waals surface area contributed by atoms with Gasteiger partial charge in [0.2, 0.25) is 0 Å². The highest BCUT2D eigenvalue weighted by Gasteiger charge is 2.06. The van der Waals surface area contributed by atoms with Crippen LogP contribution >= 0.6 is 11.3 Å². The molecule has 0 spiro atoms. The molecule has 0 aliphatic heterocycles. The van der Waals surface area contributed by atoms with Crippen LogP contribution in [-0.4, -0.2) is 21.8 Å². The van der Waals surface area contributed by atoms with E-state index < -0.39 is 0 Å². The number of aryl methyl sites for hydroxylation is 1. The number of anilines is 1. The standard InChI is InChI=1S/C8H10N4S/c1-9-8-11-6(5-13-8)7-3-4-10-12(7)2/h3-5H,1-2H3,(H,9,11). The lowest BCUT2D eigenvalue weighted by molar-refractivity contribution is 0.774. The summed E-state index contributed by atoms with van der Waals surface area (Å²) in [5, 5.41) is 10.0. The highest BCUT2D eigenvalue weighted by molar-refractivity contribution is 7.14. The van der Waals surface area contributed by atoms with Gasteiger partial charge in [-0.25, -0.2) is 4.98 Å². The van der Waals surface area contributed by atoms with Crippen molar-refractivity contribution in [2.45, 2.75) is 0 Å². The zero-order chi connectivity index (χ0) is 9.26. The van der Waals surface area contributed by atoms with Gasteiger partial charge >= 0.3 is 0 Å². The number of thiazole rings is 1. The third-order valence-corrected chi connectivity index (χ3v) is 2.66. The van der Waals surface area contributed by atoms with Gasteiger partial charge in [0.05, 0.1) is 5.69 Å². The summed E-state index contributed by atoms with van der Waals surface area (Å²) in [5.74, 6) is 0. The summed E-state index contributed by atoms with van der Waals surface area (Å²) in [4.78, 5) is 4.38. The summed E-state index contributed by atoms with van der Waals surface area (Å²) < 4.78 is 1.81. The Hall–Kier alpha value is -1.36. The van der Waals surface area contributed by atoms with Gasteiger partial charge in [0, 0.05) is 25.7 Å². The predicted molar refractivity (Wildman–Crippen MR) is 53.9 cm³/mol. The fourth-order valence-electron chi connectivity index (χ4n) is 1.13. The molecule has 0 aliphatic carbocycles. The van der Waals surface area contributed by atoms with Crippen LogP contribution < -0.4 is 5.32 Å². The van der Waals surface area contributed by atoms with Crippen LogP contribution in [0.2, 0.25) is 0 Å². The summed E-state index contributed by atoms with van der Waals surface area (Å²) in [6, 6.07) is 1.95. The van der Waals surface area contributed by atoms with Crippen molar-refractivity contribution in [1.29, 1.82) is 0 Å². The van der Waals surface area contributed by atoms with Gasteiger partial charge in [-0.05, 0) is 6.07 Å². The predicted octanol–water partition coefficient (Wildman–Crippen LogP) is 1.59.